The van der Waals surface area contributed by atoms with Crippen LogP contribution >= 0.6 is 11.6 Å². The van der Waals surface area contributed by atoms with E-state index >= 15 is 0 Å². The molecule has 0 spiro atoms. The summed E-state index contributed by atoms with van der Waals surface area (Å²) < 4.78 is 0. The van der Waals surface area contributed by atoms with E-state index in [0.29, 0.717) is 10.7 Å². The predicted molar refractivity (Wildman–Crippen MR) is 48.6 cm³/mol. The van der Waals surface area contributed by atoms with Gasteiger partial charge in [0.2, 0.25) is 0 Å². The van der Waals surface area contributed by atoms with Gasteiger partial charge in [-0.2, -0.15) is 0 Å². The molecule has 1 heterocycles. The Balaban J connectivity index is 3.21. The molecule has 0 aliphatic carbocycles. The largest absolute Gasteiger partial charge is 0.294 e. The summed E-state index contributed by atoms with van der Waals surface area (Å²) in [5, 5.41) is 0.373. The van der Waals surface area contributed by atoms with Gasteiger partial charge < -0.3 is 0 Å². The molecule has 1 aromatic rings. The van der Waals surface area contributed by atoms with E-state index in [0.717, 1.165) is 12.0 Å². The molecule has 0 aromatic carbocycles. The second-order valence-electron chi connectivity index (χ2n) is 2.57. The van der Waals surface area contributed by atoms with Crippen LogP contribution in [0.1, 0.15) is 29.8 Å². The molecule has 0 unspecified atom stereocenters. The maximum absolute atomic E-state index is 11.1. The van der Waals surface area contributed by atoms with Gasteiger partial charge in [-0.05, 0) is 25.0 Å². The van der Waals surface area contributed by atoms with Crippen molar-refractivity contribution in [2.45, 2.75) is 20.3 Å². The van der Waals surface area contributed by atoms with Crippen molar-refractivity contribution in [2.24, 2.45) is 0 Å². The highest BCUT2D eigenvalue weighted by Crippen LogP contribution is 2.13. The molecule has 0 amide bonds. The maximum atomic E-state index is 11.1. The van der Waals surface area contributed by atoms with Gasteiger partial charge >= 0.3 is 0 Å². The standard InChI is InChI=1S/C9H10ClNO/c1-3-7-5-11-9(10)4-8(7)6(2)12/h4-5H,3H2,1-2H3. The molecule has 0 fully saturated rings. The molecule has 3 heteroatoms. The Labute approximate surface area is 76.6 Å². The fourth-order valence-corrected chi connectivity index (χ4v) is 1.23. The van der Waals surface area contributed by atoms with Crippen molar-refractivity contribution in [2.75, 3.05) is 0 Å². The minimum atomic E-state index is 0.0381. The third-order valence-corrected chi connectivity index (χ3v) is 1.92. The first-order chi connectivity index (χ1) is 5.65. The van der Waals surface area contributed by atoms with Gasteiger partial charge in [-0.1, -0.05) is 18.5 Å². The van der Waals surface area contributed by atoms with Crippen LogP contribution in [0.2, 0.25) is 5.15 Å². The molecule has 0 radical (unpaired) electrons. The Morgan fingerprint density at radius 3 is 2.83 bits per heavy atom. The molecule has 1 aromatic heterocycles. The molecule has 0 N–H and O–H groups in total. The Morgan fingerprint density at radius 1 is 1.67 bits per heavy atom. The number of ketones is 1. The maximum Gasteiger partial charge on any atom is 0.160 e. The van der Waals surface area contributed by atoms with Crippen LogP contribution in [-0.4, -0.2) is 10.8 Å². The molecule has 0 aliphatic heterocycles. The van der Waals surface area contributed by atoms with Crippen LogP contribution in [0.25, 0.3) is 0 Å². The average molecular weight is 184 g/mol. The zero-order valence-corrected chi connectivity index (χ0v) is 7.85. The van der Waals surface area contributed by atoms with Crippen molar-refractivity contribution in [3.63, 3.8) is 0 Å². The van der Waals surface area contributed by atoms with Crippen molar-refractivity contribution < 1.29 is 4.79 Å². The third-order valence-electron chi connectivity index (χ3n) is 1.71. The van der Waals surface area contributed by atoms with E-state index in [1.165, 1.54) is 6.92 Å². The first kappa shape index (κ1) is 9.20. The summed E-state index contributed by atoms with van der Waals surface area (Å²) in [6, 6.07) is 1.61. The molecular weight excluding hydrogens is 174 g/mol. The topological polar surface area (TPSA) is 30.0 Å². The number of hydrogen-bond donors (Lipinski definition) is 0. The lowest BCUT2D eigenvalue weighted by Crippen LogP contribution is -1.99. The lowest BCUT2D eigenvalue weighted by atomic mass is 10.1. The summed E-state index contributed by atoms with van der Waals surface area (Å²) in [6.07, 6.45) is 2.46. The van der Waals surface area contributed by atoms with E-state index in [1.807, 2.05) is 6.92 Å². The van der Waals surface area contributed by atoms with Gasteiger partial charge in [0.1, 0.15) is 5.15 Å². The fourth-order valence-electron chi connectivity index (χ4n) is 1.07. The lowest BCUT2D eigenvalue weighted by molar-refractivity contribution is 0.101. The minimum absolute atomic E-state index is 0.0381. The normalized spacial score (nSPS) is 9.92. The number of nitrogens with zero attached hydrogens (tertiary/aromatic N) is 1. The van der Waals surface area contributed by atoms with Crippen LogP contribution in [0.3, 0.4) is 0 Å². The van der Waals surface area contributed by atoms with Gasteiger partial charge in [0.25, 0.3) is 0 Å². The van der Waals surface area contributed by atoms with Crippen LogP contribution in [0.15, 0.2) is 12.3 Å². The van der Waals surface area contributed by atoms with Crippen LogP contribution < -0.4 is 0 Å². The molecule has 0 bridgehead atoms. The Morgan fingerprint density at radius 2 is 2.33 bits per heavy atom. The van der Waals surface area contributed by atoms with Crippen molar-refractivity contribution in [3.8, 4) is 0 Å². The Kier molecular flexibility index (Phi) is 2.82. The molecule has 0 atom stereocenters. The summed E-state index contributed by atoms with van der Waals surface area (Å²) >= 11 is 5.65. The molecule has 0 saturated carbocycles. The summed E-state index contributed by atoms with van der Waals surface area (Å²) in [5.74, 6) is 0.0381. The number of aromatic nitrogens is 1. The molecule has 64 valence electrons. The molecule has 2 nitrogen and oxygen atoms in total. The summed E-state index contributed by atoms with van der Waals surface area (Å²) in [4.78, 5) is 15.0. The quantitative estimate of drug-likeness (QED) is 0.521. The van der Waals surface area contributed by atoms with Gasteiger partial charge in [-0.15, -0.1) is 0 Å². The number of rotatable bonds is 2. The monoisotopic (exact) mass is 183 g/mol. The number of hydrogen-bond acceptors (Lipinski definition) is 2. The summed E-state index contributed by atoms with van der Waals surface area (Å²) in [5.41, 5.74) is 1.63. The Hall–Kier alpha value is -0.890. The second-order valence-corrected chi connectivity index (χ2v) is 2.96. The highest BCUT2D eigenvalue weighted by Gasteiger charge is 2.06. The van der Waals surface area contributed by atoms with E-state index in [9.17, 15) is 4.79 Å². The molecule has 1 rings (SSSR count). The van der Waals surface area contributed by atoms with E-state index < -0.39 is 0 Å². The van der Waals surface area contributed by atoms with Crippen LogP contribution in [0.4, 0.5) is 0 Å². The Bertz CT molecular complexity index is 309. The number of carbonyl (C=O) groups is 1. The third kappa shape index (κ3) is 1.83. The number of pyridine rings is 1. The number of Topliss-reactive ketones (excluding diaryl/α,β-unsaturated/α-hetero) is 1. The first-order valence-electron chi connectivity index (χ1n) is 3.80. The smallest absolute Gasteiger partial charge is 0.160 e. The average Bonchev–Trinajstić information content (AvgIpc) is 2.04. The number of carbonyl (C=O) groups excluding carboxylic acids is 1. The second kappa shape index (κ2) is 3.68. The van der Waals surface area contributed by atoms with Crippen molar-refractivity contribution in [3.05, 3.63) is 28.5 Å². The van der Waals surface area contributed by atoms with Crippen molar-refractivity contribution in [1.82, 2.24) is 4.98 Å². The van der Waals surface area contributed by atoms with E-state index in [2.05, 4.69) is 4.98 Å². The SMILES string of the molecule is CCc1cnc(Cl)cc1C(C)=O. The highest BCUT2D eigenvalue weighted by molar-refractivity contribution is 6.29. The molecular formula is C9H10ClNO. The van der Waals surface area contributed by atoms with Crippen LogP contribution in [0, 0.1) is 0 Å². The van der Waals surface area contributed by atoms with Gasteiger partial charge in [0.05, 0.1) is 0 Å². The zero-order chi connectivity index (χ0) is 9.14. The van der Waals surface area contributed by atoms with Gasteiger partial charge in [0, 0.05) is 11.8 Å². The molecule has 0 saturated heterocycles. The number of halogens is 1. The van der Waals surface area contributed by atoms with E-state index in [-0.39, 0.29) is 5.78 Å². The minimum Gasteiger partial charge on any atom is -0.294 e. The van der Waals surface area contributed by atoms with Gasteiger partial charge in [-0.3, -0.25) is 4.79 Å². The summed E-state index contributed by atoms with van der Waals surface area (Å²) in [6.45, 7) is 3.52. The fraction of sp³-hybridized carbons (Fsp3) is 0.333. The summed E-state index contributed by atoms with van der Waals surface area (Å²) in [7, 11) is 0. The van der Waals surface area contributed by atoms with Gasteiger partial charge in [-0.25, -0.2) is 4.98 Å². The van der Waals surface area contributed by atoms with E-state index in [1.54, 1.807) is 12.3 Å². The number of aryl methyl sites for hydroxylation is 1. The highest BCUT2D eigenvalue weighted by atomic mass is 35.5. The van der Waals surface area contributed by atoms with Gasteiger partial charge in [0.15, 0.2) is 5.78 Å². The predicted octanol–water partition coefficient (Wildman–Crippen LogP) is 2.50. The van der Waals surface area contributed by atoms with Crippen LogP contribution in [0.5, 0.6) is 0 Å². The van der Waals surface area contributed by atoms with Crippen molar-refractivity contribution in [1.29, 1.82) is 0 Å². The lowest BCUT2D eigenvalue weighted by Gasteiger charge is -2.02. The van der Waals surface area contributed by atoms with E-state index in [4.69, 9.17) is 11.6 Å². The van der Waals surface area contributed by atoms with Crippen LogP contribution in [-0.2, 0) is 6.42 Å². The molecule has 0 aliphatic rings. The molecule has 12 heavy (non-hydrogen) atoms. The van der Waals surface area contributed by atoms with Crippen molar-refractivity contribution >= 4 is 17.4 Å². The first-order valence-corrected chi connectivity index (χ1v) is 4.18. The zero-order valence-electron chi connectivity index (χ0n) is 7.10.